The molecule has 0 unspecified atom stereocenters. The summed E-state index contributed by atoms with van der Waals surface area (Å²) >= 11 is 17.9. The molecule has 0 aliphatic rings. The van der Waals surface area contributed by atoms with Crippen LogP contribution in [-0.2, 0) is 6.42 Å². The molecule has 0 spiro atoms. The average molecular weight is 298 g/mol. The summed E-state index contributed by atoms with van der Waals surface area (Å²) in [6.45, 7) is 0. The van der Waals surface area contributed by atoms with Crippen molar-refractivity contribution in [2.45, 2.75) is 6.42 Å². The number of nitriles is 1. The van der Waals surface area contributed by atoms with Crippen molar-refractivity contribution < 1.29 is 0 Å². The van der Waals surface area contributed by atoms with Crippen molar-refractivity contribution in [1.82, 2.24) is 4.98 Å². The van der Waals surface area contributed by atoms with E-state index in [1.807, 2.05) is 12.1 Å². The van der Waals surface area contributed by atoms with E-state index in [4.69, 9.17) is 40.1 Å². The number of aromatic nitrogens is 1. The third-order valence-corrected chi connectivity index (χ3v) is 3.48. The molecule has 0 amide bonds. The van der Waals surface area contributed by atoms with Crippen LogP contribution < -0.4 is 0 Å². The molecule has 0 atom stereocenters. The van der Waals surface area contributed by atoms with E-state index in [2.05, 4.69) is 4.98 Å². The fourth-order valence-corrected chi connectivity index (χ4v) is 2.04. The minimum absolute atomic E-state index is 0.195. The fraction of sp³-hybridized carbons (Fsp3) is 0.0769. The summed E-state index contributed by atoms with van der Waals surface area (Å²) in [5, 5.41) is 10.1. The van der Waals surface area contributed by atoms with Crippen molar-refractivity contribution >= 4 is 34.8 Å². The average Bonchev–Trinajstić information content (AvgIpc) is 2.35. The molecule has 0 saturated heterocycles. The van der Waals surface area contributed by atoms with E-state index in [1.165, 1.54) is 0 Å². The van der Waals surface area contributed by atoms with Crippen LogP contribution in [0.3, 0.4) is 0 Å². The molecule has 0 bridgehead atoms. The number of halogens is 3. The molecular weight excluding hydrogens is 291 g/mol. The van der Waals surface area contributed by atoms with Crippen LogP contribution in [0.5, 0.6) is 0 Å². The third kappa shape index (κ3) is 2.76. The highest BCUT2D eigenvalue weighted by Crippen LogP contribution is 2.30. The van der Waals surface area contributed by atoms with E-state index in [1.54, 1.807) is 24.4 Å². The minimum Gasteiger partial charge on any atom is -0.258 e. The van der Waals surface area contributed by atoms with Gasteiger partial charge in [0.1, 0.15) is 0 Å². The van der Waals surface area contributed by atoms with Crippen LogP contribution in [0.4, 0.5) is 0 Å². The fourth-order valence-electron chi connectivity index (χ4n) is 1.50. The number of benzene rings is 1. The van der Waals surface area contributed by atoms with Gasteiger partial charge in [-0.25, -0.2) is 0 Å². The molecule has 90 valence electrons. The zero-order valence-corrected chi connectivity index (χ0v) is 11.4. The Morgan fingerprint density at radius 1 is 1.00 bits per heavy atom. The first-order chi connectivity index (χ1) is 8.61. The summed E-state index contributed by atoms with van der Waals surface area (Å²) in [7, 11) is 0. The van der Waals surface area contributed by atoms with E-state index in [0.717, 1.165) is 11.1 Å². The molecule has 0 saturated carbocycles. The Kier molecular flexibility index (Phi) is 4.08. The normalized spacial score (nSPS) is 10.1. The first-order valence-corrected chi connectivity index (χ1v) is 6.22. The van der Waals surface area contributed by atoms with E-state index in [9.17, 15) is 0 Å². The third-order valence-electron chi connectivity index (χ3n) is 2.42. The van der Waals surface area contributed by atoms with Gasteiger partial charge in [-0.1, -0.05) is 40.9 Å². The molecule has 0 radical (unpaired) electrons. The SMILES string of the molecule is N#CCc1ncc(-c2ccc(Cl)c(Cl)c2)cc1Cl. The molecular formula is C13H7Cl3N2. The lowest BCUT2D eigenvalue weighted by Gasteiger charge is -2.05. The van der Waals surface area contributed by atoms with Crippen molar-refractivity contribution in [1.29, 1.82) is 5.26 Å². The highest BCUT2D eigenvalue weighted by Gasteiger charge is 2.06. The summed E-state index contributed by atoms with van der Waals surface area (Å²) in [4.78, 5) is 4.17. The van der Waals surface area contributed by atoms with Gasteiger partial charge in [-0.15, -0.1) is 0 Å². The van der Waals surface area contributed by atoms with Crippen LogP contribution in [0.1, 0.15) is 5.69 Å². The Morgan fingerprint density at radius 2 is 1.72 bits per heavy atom. The summed E-state index contributed by atoms with van der Waals surface area (Å²) in [6.07, 6.45) is 1.86. The van der Waals surface area contributed by atoms with Gasteiger partial charge < -0.3 is 0 Å². The van der Waals surface area contributed by atoms with Crippen LogP contribution >= 0.6 is 34.8 Å². The second kappa shape index (κ2) is 5.58. The molecule has 0 N–H and O–H groups in total. The van der Waals surface area contributed by atoms with Crippen LogP contribution in [-0.4, -0.2) is 4.98 Å². The van der Waals surface area contributed by atoms with E-state index in [0.29, 0.717) is 20.8 Å². The van der Waals surface area contributed by atoms with Gasteiger partial charge in [0.05, 0.1) is 33.3 Å². The van der Waals surface area contributed by atoms with Gasteiger partial charge in [-0.05, 0) is 23.8 Å². The number of pyridine rings is 1. The van der Waals surface area contributed by atoms with Crippen molar-refractivity contribution in [2.24, 2.45) is 0 Å². The topological polar surface area (TPSA) is 36.7 Å². The van der Waals surface area contributed by atoms with Crippen LogP contribution in [0.15, 0.2) is 30.5 Å². The Balaban J connectivity index is 2.43. The van der Waals surface area contributed by atoms with Gasteiger partial charge >= 0.3 is 0 Å². The van der Waals surface area contributed by atoms with Gasteiger partial charge in [0.15, 0.2) is 0 Å². The second-order valence-corrected chi connectivity index (χ2v) is 4.84. The predicted molar refractivity (Wildman–Crippen MR) is 74.0 cm³/mol. The molecule has 1 heterocycles. The van der Waals surface area contributed by atoms with Gasteiger partial charge in [-0.2, -0.15) is 5.26 Å². The maximum absolute atomic E-state index is 8.62. The molecule has 2 aromatic rings. The molecule has 2 nitrogen and oxygen atoms in total. The zero-order chi connectivity index (χ0) is 13.1. The van der Waals surface area contributed by atoms with Gasteiger partial charge in [0.2, 0.25) is 0 Å². The molecule has 0 aliphatic carbocycles. The zero-order valence-electron chi connectivity index (χ0n) is 9.12. The molecule has 2 rings (SSSR count). The van der Waals surface area contributed by atoms with Crippen LogP contribution in [0, 0.1) is 11.3 Å². The summed E-state index contributed by atoms with van der Waals surface area (Å²) < 4.78 is 0. The summed E-state index contributed by atoms with van der Waals surface area (Å²) in [6, 6.07) is 9.09. The Morgan fingerprint density at radius 3 is 2.33 bits per heavy atom. The van der Waals surface area contributed by atoms with Gasteiger partial charge in [0.25, 0.3) is 0 Å². The number of hydrogen-bond acceptors (Lipinski definition) is 2. The smallest absolute Gasteiger partial charge is 0.0789 e. The lowest BCUT2D eigenvalue weighted by Crippen LogP contribution is -1.90. The van der Waals surface area contributed by atoms with Gasteiger partial charge in [-0.3, -0.25) is 4.98 Å². The molecule has 5 heteroatoms. The first kappa shape index (κ1) is 13.2. The summed E-state index contributed by atoms with van der Waals surface area (Å²) in [5.41, 5.74) is 2.28. The second-order valence-electron chi connectivity index (χ2n) is 3.62. The Labute approximate surface area is 120 Å². The van der Waals surface area contributed by atoms with Crippen LogP contribution in [0.25, 0.3) is 11.1 Å². The quantitative estimate of drug-likeness (QED) is 0.800. The van der Waals surface area contributed by atoms with Crippen molar-refractivity contribution in [2.75, 3.05) is 0 Å². The van der Waals surface area contributed by atoms with Crippen LogP contribution in [0.2, 0.25) is 15.1 Å². The van der Waals surface area contributed by atoms with E-state index < -0.39 is 0 Å². The van der Waals surface area contributed by atoms with Crippen molar-refractivity contribution in [3.05, 3.63) is 51.2 Å². The maximum Gasteiger partial charge on any atom is 0.0789 e. The maximum atomic E-state index is 8.62. The molecule has 1 aromatic heterocycles. The lowest BCUT2D eigenvalue weighted by molar-refractivity contribution is 1.12. The summed E-state index contributed by atoms with van der Waals surface area (Å²) in [5.74, 6) is 0. The molecule has 1 aromatic carbocycles. The van der Waals surface area contributed by atoms with E-state index in [-0.39, 0.29) is 6.42 Å². The van der Waals surface area contributed by atoms with Crippen molar-refractivity contribution in [3.8, 4) is 17.2 Å². The Hall–Kier alpha value is -1.27. The first-order valence-electron chi connectivity index (χ1n) is 5.08. The number of rotatable bonds is 2. The number of hydrogen-bond donors (Lipinski definition) is 0. The standard InChI is InChI=1S/C13H7Cl3N2/c14-10-2-1-8(5-11(10)15)9-6-12(16)13(3-4-17)18-7-9/h1-2,5-7H,3H2. The lowest BCUT2D eigenvalue weighted by atomic mass is 10.1. The van der Waals surface area contributed by atoms with E-state index >= 15 is 0 Å². The number of nitrogens with zero attached hydrogens (tertiary/aromatic N) is 2. The monoisotopic (exact) mass is 296 g/mol. The predicted octanol–water partition coefficient (Wildman–Crippen LogP) is 4.77. The highest BCUT2D eigenvalue weighted by atomic mass is 35.5. The van der Waals surface area contributed by atoms with Gasteiger partial charge in [0, 0.05) is 11.8 Å². The largest absolute Gasteiger partial charge is 0.258 e. The minimum atomic E-state index is 0.195. The molecule has 0 fully saturated rings. The highest BCUT2D eigenvalue weighted by molar-refractivity contribution is 6.42. The molecule has 18 heavy (non-hydrogen) atoms. The Bertz CT molecular complexity index is 633. The van der Waals surface area contributed by atoms with Crippen molar-refractivity contribution in [3.63, 3.8) is 0 Å². The molecule has 0 aliphatic heterocycles.